The van der Waals surface area contributed by atoms with Crippen molar-refractivity contribution in [2.75, 3.05) is 6.54 Å². The number of hydrogen-bond donors (Lipinski definition) is 1. The summed E-state index contributed by atoms with van der Waals surface area (Å²) in [5.74, 6) is -1.01. The molecule has 2 aliphatic rings. The maximum absolute atomic E-state index is 14.0. The Labute approximate surface area is 254 Å². The summed E-state index contributed by atoms with van der Waals surface area (Å²) in [5.41, 5.74) is 3.04. The van der Waals surface area contributed by atoms with Gasteiger partial charge in [-0.05, 0) is 55.0 Å². The summed E-state index contributed by atoms with van der Waals surface area (Å²) in [6.07, 6.45) is 5.65. The van der Waals surface area contributed by atoms with Gasteiger partial charge in [0, 0.05) is 32.0 Å². The van der Waals surface area contributed by atoms with E-state index in [1.807, 2.05) is 61.5 Å². The Morgan fingerprint density at radius 1 is 0.930 bits per heavy atom. The van der Waals surface area contributed by atoms with Crippen LogP contribution in [0.5, 0.6) is 0 Å². The van der Waals surface area contributed by atoms with Crippen LogP contribution in [0.15, 0.2) is 83.8 Å². The van der Waals surface area contributed by atoms with Gasteiger partial charge in [0.05, 0.1) is 5.56 Å². The van der Waals surface area contributed by atoms with Crippen LogP contribution in [0.2, 0.25) is 0 Å². The van der Waals surface area contributed by atoms with Gasteiger partial charge in [-0.3, -0.25) is 14.4 Å². The Morgan fingerprint density at radius 3 is 2.33 bits per heavy atom. The van der Waals surface area contributed by atoms with Gasteiger partial charge in [-0.15, -0.1) is 0 Å². The van der Waals surface area contributed by atoms with Gasteiger partial charge in [0.25, 0.3) is 15.9 Å². The third kappa shape index (κ3) is 6.99. The summed E-state index contributed by atoms with van der Waals surface area (Å²) in [7, 11) is -3.96. The maximum atomic E-state index is 14.0. The highest BCUT2D eigenvalue weighted by atomic mass is 32.2. The number of sulfonamides is 1. The minimum absolute atomic E-state index is 0.00480. The average molecular weight is 602 g/mol. The van der Waals surface area contributed by atoms with Crippen LogP contribution < -0.4 is 5.32 Å². The molecule has 3 amide bonds. The topological polar surface area (TPSA) is 104 Å². The third-order valence-corrected chi connectivity index (χ3v) is 10.3. The number of nitrogens with one attached hydrogen (secondary N) is 1. The van der Waals surface area contributed by atoms with E-state index in [4.69, 9.17) is 0 Å². The van der Waals surface area contributed by atoms with Crippen LogP contribution in [0.4, 0.5) is 0 Å². The molecule has 0 bridgehead atoms. The fourth-order valence-corrected chi connectivity index (χ4v) is 7.65. The van der Waals surface area contributed by atoms with Crippen molar-refractivity contribution in [1.82, 2.24) is 14.5 Å². The highest BCUT2D eigenvalue weighted by molar-refractivity contribution is 7.90. The first kappa shape index (κ1) is 30.5. The zero-order chi connectivity index (χ0) is 30.4. The Morgan fingerprint density at radius 2 is 1.60 bits per heavy atom. The number of hydrogen-bond acceptors (Lipinski definition) is 5. The van der Waals surface area contributed by atoms with Crippen LogP contribution in [-0.4, -0.2) is 54.0 Å². The Kier molecular flexibility index (Phi) is 9.60. The summed E-state index contributed by atoms with van der Waals surface area (Å²) in [6, 6.07) is 23.0. The number of amides is 3. The first-order valence-electron chi connectivity index (χ1n) is 15.1. The Hall–Kier alpha value is -3.98. The van der Waals surface area contributed by atoms with Crippen LogP contribution >= 0.6 is 0 Å². The lowest BCUT2D eigenvalue weighted by Gasteiger charge is -2.34. The maximum Gasteiger partial charge on any atom is 0.269 e. The number of rotatable bonds is 11. The molecule has 8 nitrogen and oxygen atoms in total. The molecule has 1 unspecified atom stereocenters. The van der Waals surface area contributed by atoms with Crippen LogP contribution in [0.3, 0.4) is 0 Å². The normalized spacial score (nSPS) is 16.9. The molecule has 1 N–H and O–H groups in total. The van der Waals surface area contributed by atoms with E-state index < -0.39 is 22.0 Å². The van der Waals surface area contributed by atoms with Crippen LogP contribution in [0.1, 0.15) is 72.0 Å². The summed E-state index contributed by atoms with van der Waals surface area (Å²) in [5, 5.41) is 3.24. The first-order valence-corrected chi connectivity index (χ1v) is 16.5. The first-order chi connectivity index (χ1) is 20.8. The van der Waals surface area contributed by atoms with Crippen molar-refractivity contribution in [3.05, 3.63) is 101 Å². The summed E-state index contributed by atoms with van der Waals surface area (Å²) in [4.78, 5) is 42.5. The van der Waals surface area contributed by atoms with Gasteiger partial charge < -0.3 is 10.2 Å². The number of carbonyl (C=O) groups is 3. The van der Waals surface area contributed by atoms with Crippen molar-refractivity contribution in [3.63, 3.8) is 0 Å². The average Bonchev–Trinajstić information content (AvgIpc) is 3.21. The molecule has 1 fully saturated rings. The van der Waals surface area contributed by atoms with E-state index >= 15 is 0 Å². The van der Waals surface area contributed by atoms with Crippen LogP contribution in [0.25, 0.3) is 0 Å². The molecular formula is C34H39N3O5S. The van der Waals surface area contributed by atoms with Crippen molar-refractivity contribution in [1.29, 1.82) is 0 Å². The largest absolute Gasteiger partial charge is 0.352 e. The third-order valence-electron chi connectivity index (χ3n) is 8.49. The molecule has 0 radical (unpaired) electrons. The van der Waals surface area contributed by atoms with Crippen LogP contribution in [0, 0.1) is 6.92 Å². The molecule has 1 saturated carbocycles. The van der Waals surface area contributed by atoms with Gasteiger partial charge in [-0.2, -0.15) is 0 Å². The predicted molar refractivity (Wildman–Crippen MR) is 165 cm³/mol. The number of carbonyl (C=O) groups excluding carboxylic acids is 3. The zero-order valence-electron chi connectivity index (χ0n) is 24.6. The summed E-state index contributed by atoms with van der Waals surface area (Å²) < 4.78 is 26.9. The summed E-state index contributed by atoms with van der Waals surface area (Å²) >= 11 is 0. The standard InChI is InChI=1S/C34H39N3O5S/c1-25-13-8-9-16-27(25)24-36(30(23-26-14-4-2-5-15-26)33(39)35-28-17-6-3-7-18-28)32(38)21-12-22-37-34(40)29-19-10-11-20-31(29)43(37,41)42/h2,4-5,8-11,13-16,19-20,28,30H,3,6-7,12,17-18,21-24H2,1H3,(H,35,39). The molecule has 0 spiro atoms. The van der Waals surface area contributed by atoms with E-state index in [-0.39, 0.29) is 54.2 Å². The molecule has 1 aliphatic carbocycles. The lowest BCUT2D eigenvalue weighted by Crippen LogP contribution is -2.53. The zero-order valence-corrected chi connectivity index (χ0v) is 25.4. The lowest BCUT2D eigenvalue weighted by atomic mass is 9.94. The molecule has 1 atom stereocenters. The molecule has 1 heterocycles. The van der Waals surface area contributed by atoms with Crippen molar-refractivity contribution in [2.24, 2.45) is 0 Å². The molecule has 0 aromatic heterocycles. The smallest absolute Gasteiger partial charge is 0.269 e. The van der Waals surface area contributed by atoms with Gasteiger partial charge in [0.15, 0.2) is 0 Å². The van der Waals surface area contributed by atoms with E-state index in [0.29, 0.717) is 6.42 Å². The molecule has 226 valence electrons. The van der Waals surface area contributed by atoms with Crippen molar-refractivity contribution < 1.29 is 22.8 Å². The molecule has 5 rings (SSSR count). The van der Waals surface area contributed by atoms with Gasteiger partial charge in [-0.1, -0.05) is 86.0 Å². The number of benzene rings is 3. The molecule has 1 aliphatic heterocycles. The lowest BCUT2D eigenvalue weighted by molar-refractivity contribution is -0.141. The summed E-state index contributed by atoms with van der Waals surface area (Å²) in [6.45, 7) is 2.11. The molecule has 0 saturated heterocycles. The second-order valence-electron chi connectivity index (χ2n) is 11.5. The monoisotopic (exact) mass is 601 g/mol. The SMILES string of the molecule is Cc1ccccc1CN(C(=O)CCCN1C(=O)c2ccccc2S1(=O)=O)C(Cc1ccccc1)C(=O)NC1CCCCC1. The molecular weight excluding hydrogens is 562 g/mol. The molecule has 3 aromatic carbocycles. The van der Waals surface area contributed by atoms with Gasteiger partial charge in [-0.25, -0.2) is 12.7 Å². The number of nitrogens with zero attached hydrogens (tertiary/aromatic N) is 2. The second-order valence-corrected chi connectivity index (χ2v) is 13.3. The Balaban J connectivity index is 1.38. The minimum atomic E-state index is -3.96. The van der Waals surface area contributed by atoms with Crippen molar-refractivity contribution >= 4 is 27.7 Å². The van der Waals surface area contributed by atoms with Gasteiger partial charge in [0.2, 0.25) is 11.8 Å². The minimum Gasteiger partial charge on any atom is -0.352 e. The highest BCUT2D eigenvalue weighted by Gasteiger charge is 2.40. The fraction of sp³-hybridized carbons (Fsp3) is 0.382. The number of fused-ring (bicyclic) bond motifs is 1. The Bertz CT molecular complexity index is 1570. The quantitative estimate of drug-likeness (QED) is 0.333. The number of aryl methyl sites for hydroxylation is 1. The van der Waals surface area contributed by atoms with Crippen molar-refractivity contribution in [3.8, 4) is 0 Å². The van der Waals surface area contributed by atoms with Crippen molar-refractivity contribution in [2.45, 2.75) is 81.8 Å². The van der Waals surface area contributed by atoms with E-state index in [1.165, 1.54) is 12.1 Å². The van der Waals surface area contributed by atoms with Crippen LogP contribution in [-0.2, 0) is 32.6 Å². The molecule has 9 heteroatoms. The molecule has 3 aromatic rings. The fourth-order valence-electron chi connectivity index (χ4n) is 6.04. The van der Waals surface area contributed by atoms with Gasteiger partial charge in [0.1, 0.15) is 10.9 Å². The van der Waals surface area contributed by atoms with E-state index in [9.17, 15) is 22.8 Å². The second kappa shape index (κ2) is 13.5. The highest BCUT2D eigenvalue weighted by Crippen LogP contribution is 2.30. The molecule has 43 heavy (non-hydrogen) atoms. The van der Waals surface area contributed by atoms with E-state index in [2.05, 4.69) is 5.32 Å². The van der Waals surface area contributed by atoms with E-state index in [0.717, 1.165) is 53.1 Å². The predicted octanol–water partition coefficient (Wildman–Crippen LogP) is 5.01. The van der Waals surface area contributed by atoms with Gasteiger partial charge >= 0.3 is 0 Å². The van der Waals surface area contributed by atoms with E-state index in [1.54, 1.807) is 17.0 Å².